The molecule has 6 nitrogen and oxygen atoms in total. The average Bonchev–Trinajstić information content (AvgIpc) is 2.47. The van der Waals surface area contributed by atoms with Crippen LogP contribution in [0.25, 0.3) is 0 Å². The maximum absolute atomic E-state index is 10.6. The number of carbonyl (C=O) groups excluding carboxylic acids is 1. The molecule has 0 aliphatic carbocycles. The summed E-state index contributed by atoms with van der Waals surface area (Å²) in [5.41, 5.74) is -0.0179. The van der Waals surface area contributed by atoms with Crippen LogP contribution >= 0.6 is 0 Å². The van der Waals surface area contributed by atoms with Crippen molar-refractivity contribution in [3.63, 3.8) is 0 Å². The lowest BCUT2D eigenvalue weighted by Crippen LogP contribution is -2.26. The van der Waals surface area contributed by atoms with Crippen LogP contribution in [0.2, 0.25) is 0 Å². The first-order valence-electron chi connectivity index (χ1n) is 3.79. The van der Waals surface area contributed by atoms with Crippen molar-refractivity contribution in [3.8, 4) is 0 Å². The van der Waals surface area contributed by atoms with Crippen molar-refractivity contribution in [2.45, 2.75) is 13.0 Å². The van der Waals surface area contributed by atoms with Gasteiger partial charge in [-0.25, -0.2) is 4.79 Å². The van der Waals surface area contributed by atoms with E-state index in [0.717, 1.165) is 0 Å². The van der Waals surface area contributed by atoms with Crippen LogP contribution in [0.4, 0.5) is 0 Å². The number of carbonyl (C=O) groups is 1. The van der Waals surface area contributed by atoms with Crippen LogP contribution in [0.3, 0.4) is 0 Å². The summed E-state index contributed by atoms with van der Waals surface area (Å²) in [7, 11) is 0. The van der Waals surface area contributed by atoms with Crippen molar-refractivity contribution in [2.75, 3.05) is 6.54 Å². The van der Waals surface area contributed by atoms with E-state index in [-0.39, 0.29) is 18.1 Å². The van der Waals surface area contributed by atoms with E-state index in [1.165, 1.54) is 13.1 Å². The predicted octanol–water partition coefficient (Wildman–Crippen LogP) is -1.13. The first-order chi connectivity index (χ1) is 6.09. The Balaban J connectivity index is 2.53. The van der Waals surface area contributed by atoms with Gasteiger partial charge in [-0.15, -0.1) is 0 Å². The number of aromatic nitrogens is 2. The largest absolute Gasteiger partial charge is 0.385 e. The summed E-state index contributed by atoms with van der Waals surface area (Å²) in [6.07, 6.45) is 0.484. The maximum atomic E-state index is 10.6. The average molecular weight is 185 g/mol. The zero-order valence-corrected chi connectivity index (χ0v) is 7.13. The molecule has 6 heteroatoms. The van der Waals surface area contributed by atoms with Crippen LogP contribution < -0.4 is 11.0 Å². The molecular weight excluding hydrogens is 174 g/mol. The van der Waals surface area contributed by atoms with Crippen LogP contribution in [-0.4, -0.2) is 27.5 Å². The van der Waals surface area contributed by atoms with Crippen molar-refractivity contribution < 1.29 is 9.90 Å². The summed E-state index contributed by atoms with van der Waals surface area (Å²) in [5.74, 6) is -0.225. The highest BCUT2D eigenvalue weighted by molar-refractivity contribution is 5.72. The van der Waals surface area contributed by atoms with E-state index in [2.05, 4.69) is 15.3 Å². The molecule has 0 aromatic carbocycles. The van der Waals surface area contributed by atoms with E-state index < -0.39 is 6.10 Å². The summed E-state index contributed by atoms with van der Waals surface area (Å²) < 4.78 is 0. The van der Waals surface area contributed by atoms with E-state index in [1.807, 2.05) is 0 Å². The Morgan fingerprint density at radius 2 is 2.46 bits per heavy atom. The van der Waals surface area contributed by atoms with E-state index in [4.69, 9.17) is 0 Å². The number of hydrogen-bond donors (Lipinski definition) is 4. The van der Waals surface area contributed by atoms with E-state index in [0.29, 0.717) is 5.69 Å². The minimum Gasteiger partial charge on any atom is -0.385 e. The van der Waals surface area contributed by atoms with Gasteiger partial charge in [0.1, 0.15) is 6.10 Å². The van der Waals surface area contributed by atoms with Gasteiger partial charge >= 0.3 is 5.69 Å². The van der Waals surface area contributed by atoms with Gasteiger partial charge in [0.05, 0.1) is 5.69 Å². The molecule has 1 rings (SSSR count). The van der Waals surface area contributed by atoms with Crippen molar-refractivity contribution >= 4 is 5.91 Å². The van der Waals surface area contributed by atoms with Gasteiger partial charge in [-0.2, -0.15) is 0 Å². The monoisotopic (exact) mass is 185 g/mol. The Morgan fingerprint density at radius 1 is 1.77 bits per heavy atom. The van der Waals surface area contributed by atoms with Crippen LogP contribution in [0, 0.1) is 0 Å². The number of aromatic amines is 2. The third kappa shape index (κ3) is 2.75. The van der Waals surface area contributed by atoms with Crippen LogP contribution in [0.15, 0.2) is 11.0 Å². The molecule has 0 saturated carbocycles. The zero-order chi connectivity index (χ0) is 9.84. The van der Waals surface area contributed by atoms with Gasteiger partial charge in [0, 0.05) is 19.7 Å². The lowest BCUT2D eigenvalue weighted by Gasteiger charge is -2.07. The molecule has 0 saturated heterocycles. The number of aliphatic hydroxyl groups excluding tert-OH is 1. The van der Waals surface area contributed by atoms with Gasteiger partial charge < -0.3 is 20.4 Å². The predicted molar refractivity (Wildman–Crippen MR) is 45.1 cm³/mol. The summed E-state index contributed by atoms with van der Waals surface area (Å²) in [5, 5.41) is 11.8. The summed E-state index contributed by atoms with van der Waals surface area (Å²) in [4.78, 5) is 25.8. The normalized spacial score (nSPS) is 12.5. The molecule has 1 atom stereocenters. The Bertz CT molecular complexity index is 341. The van der Waals surface area contributed by atoms with Crippen molar-refractivity contribution in [2.24, 2.45) is 0 Å². The van der Waals surface area contributed by atoms with Gasteiger partial charge in [0.15, 0.2) is 0 Å². The summed E-state index contributed by atoms with van der Waals surface area (Å²) >= 11 is 0. The second-order valence-electron chi connectivity index (χ2n) is 2.65. The van der Waals surface area contributed by atoms with E-state index in [1.54, 1.807) is 0 Å². The van der Waals surface area contributed by atoms with Gasteiger partial charge in [-0.1, -0.05) is 0 Å². The molecule has 0 bridgehead atoms. The highest BCUT2D eigenvalue weighted by Crippen LogP contribution is 2.04. The summed E-state index contributed by atoms with van der Waals surface area (Å²) in [6, 6.07) is 0. The molecule has 0 aliphatic heterocycles. The first kappa shape index (κ1) is 9.53. The van der Waals surface area contributed by atoms with Crippen LogP contribution in [0.5, 0.6) is 0 Å². The molecule has 0 radical (unpaired) electrons. The third-order valence-corrected chi connectivity index (χ3v) is 1.52. The van der Waals surface area contributed by atoms with Crippen LogP contribution in [0.1, 0.15) is 18.7 Å². The molecule has 1 amide bonds. The molecule has 0 aliphatic rings. The molecular formula is C7H11N3O3. The van der Waals surface area contributed by atoms with E-state index in [9.17, 15) is 14.7 Å². The minimum absolute atomic E-state index is 0.0864. The minimum atomic E-state index is -0.886. The number of hydrogen-bond acceptors (Lipinski definition) is 3. The second kappa shape index (κ2) is 3.90. The molecule has 0 fully saturated rings. The topological polar surface area (TPSA) is 98.0 Å². The Labute approximate surface area is 74.0 Å². The highest BCUT2D eigenvalue weighted by atomic mass is 16.3. The van der Waals surface area contributed by atoms with Gasteiger partial charge in [-0.3, -0.25) is 4.79 Å². The Kier molecular flexibility index (Phi) is 2.86. The molecule has 72 valence electrons. The van der Waals surface area contributed by atoms with Crippen molar-refractivity contribution in [3.05, 3.63) is 22.4 Å². The second-order valence-corrected chi connectivity index (χ2v) is 2.65. The van der Waals surface area contributed by atoms with Gasteiger partial charge in [0.2, 0.25) is 5.91 Å². The van der Waals surface area contributed by atoms with Gasteiger partial charge in [0.25, 0.3) is 0 Å². The standard InChI is InChI=1S/C7H11N3O3/c1-4(11)8-3-6(12)5-2-9-7(13)10-5/h2,6,12H,3H2,1H3,(H,8,11)(H2,9,10,13). The molecule has 13 heavy (non-hydrogen) atoms. The fourth-order valence-electron chi connectivity index (χ4n) is 0.876. The number of aliphatic hydroxyl groups is 1. The fraction of sp³-hybridized carbons (Fsp3) is 0.429. The Morgan fingerprint density at radius 3 is 2.92 bits per heavy atom. The molecule has 1 aromatic rings. The Hall–Kier alpha value is -1.56. The maximum Gasteiger partial charge on any atom is 0.323 e. The molecule has 1 aromatic heterocycles. The molecule has 1 heterocycles. The lowest BCUT2D eigenvalue weighted by atomic mass is 10.3. The number of imidazole rings is 1. The lowest BCUT2D eigenvalue weighted by molar-refractivity contribution is -0.119. The first-order valence-corrected chi connectivity index (χ1v) is 3.79. The van der Waals surface area contributed by atoms with Crippen molar-refractivity contribution in [1.29, 1.82) is 0 Å². The summed E-state index contributed by atoms with van der Waals surface area (Å²) in [6.45, 7) is 1.44. The fourth-order valence-corrected chi connectivity index (χ4v) is 0.876. The molecule has 1 unspecified atom stereocenters. The highest BCUT2D eigenvalue weighted by Gasteiger charge is 2.09. The quantitative estimate of drug-likeness (QED) is 0.479. The zero-order valence-electron chi connectivity index (χ0n) is 7.13. The molecule has 0 spiro atoms. The van der Waals surface area contributed by atoms with Crippen LogP contribution in [-0.2, 0) is 4.79 Å². The number of nitrogens with one attached hydrogen (secondary N) is 3. The van der Waals surface area contributed by atoms with Crippen molar-refractivity contribution in [1.82, 2.24) is 15.3 Å². The number of H-pyrrole nitrogens is 2. The molecule has 4 N–H and O–H groups in total. The number of rotatable bonds is 3. The third-order valence-electron chi connectivity index (χ3n) is 1.52. The SMILES string of the molecule is CC(=O)NCC(O)c1c[nH]c(=O)[nH]1. The van der Waals surface area contributed by atoms with E-state index >= 15 is 0 Å². The smallest absolute Gasteiger partial charge is 0.323 e. The number of amides is 1. The van der Waals surface area contributed by atoms with Gasteiger partial charge in [-0.05, 0) is 0 Å².